The molecule has 1 aliphatic heterocycles. The number of ether oxygens (including phenoxy) is 1. The van der Waals surface area contributed by atoms with Crippen LogP contribution in [0.1, 0.15) is 30.3 Å². The van der Waals surface area contributed by atoms with Gasteiger partial charge in [-0.15, -0.1) is 10.2 Å². The van der Waals surface area contributed by atoms with E-state index in [2.05, 4.69) is 15.2 Å². The van der Waals surface area contributed by atoms with Crippen LogP contribution in [0, 0.1) is 0 Å². The summed E-state index contributed by atoms with van der Waals surface area (Å²) >= 11 is 0. The molecule has 146 valence electrons. The van der Waals surface area contributed by atoms with Gasteiger partial charge in [-0.05, 0) is 42.7 Å². The van der Waals surface area contributed by atoms with Crippen molar-refractivity contribution in [2.24, 2.45) is 0 Å². The predicted octanol–water partition coefficient (Wildman–Crippen LogP) is 4.69. The lowest BCUT2D eigenvalue weighted by Gasteiger charge is -2.21. The summed E-state index contributed by atoms with van der Waals surface area (Å²) in [6.07, 6.45) is 3.19. The van der Waals surface area contributed by atoms with Crippen LogP contribution in [0.3, 0.4) is 0 Å². The molecule has 7 nitrogen and oxygen atoms in total. The fourth-order valence-corrected chi connectivity index (χ4v) is 3.72. The van der Waals surface area contributed by atoms with Crippen LogP contribution >= 0.6 is 0 Å². The molecule has 0 spiro atoms. The van der Waals surface area contributed by atoms with Gasteiger partial charge in [-0.25, -0.2) is 4.79 Å². The zero-order valence-corrected chi connectivity index (χ0v) is 15.7. The van der Waals surface area contributed by atoms with Crippen LogP contribution in [0.25, 0.3) is 22.4 Å². The van der Waals surface area contributed by atoms with Gasteiger partial charge >= 0.3 is 6.09 Å². The molecule has 0 saturated carbocycles. The Bertz CT molecular complexity index is 1140. The molecule has 1 amide bonds. The monoisotopic (exact) mass is 388 g/mol. The maximum Gasteiger partial charge on any atom is 0.410 e. The maximum atomic E-state index is 12.6. The number of amides is 1. The highest BCUT2D eigenvalue weighted by Crippen LogP contribution is 2.33. The minimum Gasteiger partial charge on any atom is -0.445 e. The van der Waals surface area contributed by atoms with Gasteiger partial charge in [-0.1, -0.05) is 30.3 Å². The van der Waals surface area contributed by atoms with E-state index in [1.807, 2.05) is 60.8 Å². The van der Waals surface area contributed by atoms with Crippen LogP contribution in [-0.2, 0) is 11.3 Å². The summed E-state index contributed by atoms with van der Waals surface area (Å²) in [7, 11) is 0. The summed E-state index contributed by atoms with van der Waals surface area (Å²) in [5, 5.41) is 9.50. The number of H-pyrrole nitrogens is 1. The van der Waals surface area contributed by atoms with Crippen LogP contribution < -0.4 is 0 Å². The van der Waals surface area contributed by atoms with Gasteiger partial charge in [0, 0.05) is 29.2 Å². The van der Waals surface area contributed by atoms with Crippen molar-refractivity contribution in [3.05, 3.63) is 72.2 Å². The lowest BCUT2D eigenvalue weighted by Crippen LogP contribution is -2.31. The number of nitrogens with one attached hydrogen (secondary N) is 1. The molecular weight excluding hydrogens is 368 g/mol. The first-order valence-corrected chi connectivity index (χ1v) is 9.66. The normalized spacial score (nSPS) is 16.4. The first-order chi connectivity index (χ1) is 14.3. The lowest BCUT2D eigenvalue weighted by molar-refractivity contribution is 0.0879. The molecule has 29 heavy (non-hydrogen) atoms. The number of rotatable bonds is 4. The molecule has 2 aromatic carbocycles. The van der Waals surface area contributed by atoms with Gasteiger partial charge in [-0.3, -0.25) is 4.90 Å². The number of benzene rings is 2. The van der Waals surface area contributed by atoms with Crippen LogP contribution in [0.4, 0.5) is 4.79 Å². The second kappa shape index (κ2) is 7.43. The van der Waals surface area contributed by atoms with Crippen molar-refractivity contribution in [3.63, 3.8) is 0 Å². The maximum absolute atomic E-state index is 12.6. The Morgan fingerprint density at radius 3 is 2.97 bits per heavy atom. The third-order valence-corrected chi connectivity index (χ3v) is 5.22. The van der Waals surface area contributed by atoms with Gasteiger partial charge in [0.05, 0.1) is 0 Å². The first-order valence-electron chi connectivity index (χ1n) is 9.66. The highest BCUT2D eigenvalue weighted by atomic mass is 16.6. The molecule has 7 heteroatoms. The molecule has 0 unspecified atom stereocenters. The van der Waals surface area contributed by atoms with E-state index < -0.39 is 0 Å². The van der Waals surface area contributed by atoms with Gasteiger partial charge in [0.15, 0.2) is 0 Å². The molecule has 1 fully saturated rings. The van der Waals surface area contributed by atoms with Gasteiger partial charge in [0.1, 0.15) is 12.6 Å². The number of carbonyl (C=O) groups excluding carboxylic acids is 1. The van der Waals surface area contributed by atoms with Crippen molar-refractivity contribution in [2.45, 2.75) is 25.5 Å². The van der Waals surface area contributed by atoms with Crippen molar-refractivity contribution in [3.8, 4) is 11.5 Å². The van der Waals surface area contributed by atoms with Gasteiger partial charge in [0.2, 0.25) is 11.8 Å². The Morgan fingerprint density at radius 2 is 2.07 bits per heavy atom. The summed E-state index contributed by atoms with van der Waals surface area (Å²) in [4.78, 5) is 17.4. The Morgan fingerprint density at radius 1 is 1.17 bits per heavy atom. The van der Waals surface area contributed by atoms with Crippen LogP contribution in [-0.4, -0.2) is 32.7 Å². The van der Waals surface area contributed by atoms with Gasteiger partial charge in [-0.2, -0.15) is 0 Å². The summed E-state index contributed by atoms with van der Waals surface area (Å²) < 4.78 is 11.4. The number of hydrogen-bond acceptors (Lipinski definition) is 5. The molecule has 1 atom stereocenters. The van der Waals surface area contributed by atoms with Crippen molar-refractivity contribution >= 4 is 17.0 Å². The Hall–Kier alpha value is -3.61. The quantitative estimate of drug-likeness (QED) is 0.548. The second-order valence-electron chi connectivity index (χ2n) is 7.12. The smallest absolute Gasteiger partial charge is 0.410 e. The first kappa shape index (κ1) is 17.5. The van der Waals surface area contributed by atoms with E-state index in [0.29, 0.717) is 18.3 Å². The molecular formula is C22H20N4O3. The fourth-order valence-electron chi connectivity index (χ4n) is 3.72. The summed E-state index contributed by atoms with van der Waals surface area (Å²) in [5.74, 6) is 0.899. The molecule has 0 bridgehead atoms. The highest BCUT2D eigenvalue weighted by molar-refractivity contribution is 5.83. The van der Waals surface area contributed by atoms with E-state index in [1.165, 1.54) is 0 Å². The Kier molecular flexibility index (Phi) is 4.48. The standard InChI is InChI=1S/C22H20N4O3/c27-22(28-14-15-5-2-1-3-6-15)26-12-4-7-19(26)21-25-24-20(29-21)17-8-9-18-16(13-17)10-11-23-18/h1-3,5-6,8-11,13,19,23H,4,7,12,14H2/t19-/m0/s1. The van der Waals surface area contributed by atoms with Crippen molar-refractivity contribution in [1.29, 1.82) is 0 Å². The molecule has 1 aliphatic rings. The molecule has 4 aromatic rings. The summed E-state index contributed by atoms with van der Waals surface area (Å²) in [6.45, 7) is 0.861. The number of fused-ring (bicyclic) bond motifs is 1. The van der Waals surface area contributed by atoms with Crippen LogP contribution in [0.15, 0.2) is 65.2 Å². The van der Waals surface area contributed by atoms with Crippen molar-refractivity contribution in [1.82, 2.24) is 20.1 Å². The fraction of sp³-hybridized carbons (Fsp3) is 0.227. The SMILES string of the molecule is O=C(OCc1ccccc1)N1CCC[C@H]1c1nnc(-c2ccc3[nH]ccc3c2)o1. The molecule has 1 saturated heterocycles. The molecule has 3 heterocycles. The van der Waals surface area contributed by atoms with Crippen LogP contribution in [0.2, 0.25) is 0 Å². The average molecular weight is 388 g/mol. The lowest BCUT2D eigenvalue weighted by atomic mass is 10.1. The number of nitrogens with zero attached hydrogens (tertiary/aromatic N) is 3. The zero-order valence-electron chi connectivity index (χ0n) is 15.7. The highest BCUT2D eigenvalue weighted by Gasteiger charge is 2.35. The molecule has 0 radical (unpaired) electrons. The van der Waals surface area contributed by atoms with Crippen molar-refractivity contribution in [2.75, 3.05) is 6.54 Å². The largest absolute Gasteiger partial charge is 0.445 e. The number of likely N-dealkylation sites (tertiary alicyclic amines) is 1. The predicted molar refractivity (Wildman–Crippen MR) is 107 cm³/mol. The van der Waals surface area contributed by atoms with Crippen molar-refractivity contribution < 1.29 is 13.9 Å². The van der Waals surface area contributed by atoms with E-state index in [0.717, 1.165) is 34.9 Å². The number of carbonyl (C=O) groups is 1. The minimum atomic E-state index is -0.357. The van der Waals surface area contributed by atoms with Gasteiger partial charge in [0.25, 0.3) is 0 Å². The zero-order chi connectivity index (χ0) is 19.6. The van der Waals surface area contributed by atoms with Crippen LogP contribution in [0.5, 0.6) is 0 Å². The second-order valence-corrected chi connectivity index (χ2v) is 7.12. The molecule has 0 aliphatic carbocycles. The average Bonchev–Trinajstić information content (AvgIpc) is 3.51. The number of hydrogen-bond donors (Lipinski definition) is 1. The third-order valence-electron chi connectivity index (χ3n) is 5.22. The van der Waals surface area contributed by atoms with E-state index in [1.54, 1.807) is 4.90 Å². The number of aromatic nitrogens is 3. The third kappa shape index (κ3) is 3.47. The summed E-state index contributed by atoms with van der Waals surface area (Å²) in [5.41, 5.74) is 2.86. The Labute approximate surface area is 167 Å². The molecule has 1 N–H and O–H groups in total. The van der Waals surface area contributed by atoms with E-state index in [-0.39, 0.29) is 18.7 Å². The molecule has 2 aromatic heterocycles. The summed E-state index contributed by atoms with van der Waals surface area (Å²) in [6, 6.07) is 17.3. The van der Waals surface area contributed by atoms with E-state index in [4.69, 9.17) is 9.15 Å². The number of aromatic amines is 1. The van der Waals surface area contributed by atoms with Gasteiger partial charge < -0.3 is 14.1 Å². The van der Waals surface area contributed by atoms with E-state index >= 15 is 0 Å². The molecule has 5 rings (SSSR count). The topological polar surface area (TPSA) is 84.2 Å². The van der Waals surface area contributed by atoms with E-state index in [9.17, 15) is 4.79 Å². The Balaban J connectivity index is 1.31. The minimum absolute atomic E-state index is 0.245.